The minimum atomic E-state index is 0.305. The molecule has 112 valence electrons. The van der Waals surface area contributed by atoms with Crippen LogP contribution in [0.2, 0.25) is 0 Å². The van der Waals surface area contributed by atoms with Gasteiger partial charge >= 0.3 is 0 Å². The second-order valence-corrected chi connectivity index (χ2v) is 5.90. The van der Waals surface area contributed by atoms with Gasteiger partial charge in [0.05, 0.1) is 7.11 Å². The Bertz CT molecular complexity index is 418. The van der Waals surface area contributed by atoms with Gasteiger partial charge in [-0.05, 0) is 62.8 Å². The van der Waals surface area contributed by atoms with Crippen molar-refractivity contribution in [1.29, 1.82) is 0 Å². The number of aryl methyl sites for hydroxylation is 2. The second-order valence-electron chi connectivity index (χ2n) is 5.90. The molecule has 3 nitrogen and oxygen atoms in total. The molecule has 0 amide bonds. The number of nitrogens with zero attached hydrogens (tertiary/aromatic N) is 1. The third-order valence-electron chi connectivity index (χ3n) is 4.03. The predicted molar refractivity (Wildman–Crippen MR) is 82.2 cm³/mol. The molecule has 1 fully saturated rings. The molecule has 0 spiro atoms. The number of ether oxygens (including phenoxy) is 1. The van der Waals surface area contributed by atoms with Gasteiger partial charge in [-0.25, -0.2) is 0 Å². The normalized spacial score (nSPS) is 14.8. The number of hydrogen-bond donors (Lipinski definition) is 1. The number of methoxy groups -OCH3 is 1. The van der Waals surface area contributed by atoms with Gasteiger partial charge in [0.1, 0.15) is 5.75 Å². The quantitative estimate of drug-likeness (QED) is 0.741. The Labute approximate surface area is 122 Å². The van der Waals surface area contributed by atoms with Crippen LogP contribution in [0.15, 0.2) is 12.1 Å². The molecule has 0 saturated heterocycles. The highest BCUT2D eigenvalue weighted by atomic mass is 16.5. The standard InChI is InChI=1S/C17H27NO2/c1-13-10-15(11-14(2)17(13)20-3)12-18(16-6-7-16)8-4-5-9-19/h10-11,16,19H,4-9,12H2,1-3H3. The second kappa shape index (κ2) is 7.09. The van der Waals surface area contributed by atoms with Crippen LogP contribution < -0.4 is 4.74 Å². The van der Waals surface area contributed by atoms with Crippen LogP contribution in [0, 0.1) is 13.8 Å². The summed E-state index contributed by atoms with van der Waals surface area (Å²) >= 11 is 0. The summed E-state index contributed by atoms with van der Waals surface area (Å²) in [6.07, 6.45) is 4.64. The first-order valence-corrected chi connectivity index (χ1v) is 7.64. The van der Waals surface area contributed by atoms with E-state index in [0.29, 0.717) is 6.61 Å². The fourth-order valence-corrected chi connectivity index (χ4v) is 2.94. The average Bonchev–Trinajstić information content (AvgIpc) is 3.22. The van der Waals surface area contributed by atoms with Crippen LogP contribution in [0.5, 0.6) is 5.75 Å². The van der Waals surface area contributed by atoms with Crippen molar-refractivity contribution in [3.8, 4) is 5.75 Å². The summed E-state index contributed by atoms with van der Waals surface area (Å²) in [5.41, 5.74) is 3.80. The summed E-state index contributed by atoms with van der Waals surface area (Å²) in [5.74, 6) is 1.01. The molecule has 1 aliphatic carbocycles. The minimum Gasteiger partial charge on any atom is -0.496 e. The topological polar surface area (TPSA) is 32.7 Å². The van der Waals surface area contributed by atoms with Crippen LogP contribution >= 0.6 is 0 Å². The number of benzene rings is 1. The SMILES string of the molecule is COc1c(C)cc(CN(CCCCO)C2CC2)cc1C. The van der Waals surface area contributed by atoms with E-state index >= 15 is 0 Å². The first-order valence-electron chi connectivity index (χ1n) is 7.64. The third-order valence-corrected chi connectivity index (χ3v) is 4.03. The van der Waals surface area contributed by atoms with Gasteiger partial charge in [0.2, 0.25) is 0 Å². The lowest BCUT2D eigenvalue weighted by atomic mass is 10.0. The summed E-state index contributed by atoms with van der Waals surface area (Å²) in [5, 5.41) is 8.92. The molecule has 1 aliphatic rings. The van der Waals surface area contributed by atoms with Crippen molar-refractivity contribution in [2.45, 2.75) is 52.1 Å². The monoisotopic (exact) mass is 277 g/mol. The molecule has 0 atom stereocenters. The van der Waals surface area contributed by atoms with E-state index in [0.717, 1.165) is 37.7 Å². The molecule has 1 N–H and O–H groups in total. The number of aliphatic hydroxyl groups excluding tert-OH is 1. The molecule has 0 aromatic heterocycles. The lowest BCUT2D eigenvalue weighted by Gasteiger charge is -2.23. The van der Waals surface area contributed by atoms with Crippen molar-refractivity contribution < 1.29 is 9.84 Å². The number of aliphatic hydroxyl groups is 1. The van der Waals surface area contributed by atoms with Gasteiger partial charge in [0.15, 0.2) is 0 Å². The maximum absolute atomic E-state index is 8.92. The van der Waals surface area contributed by atoms with E-state index in [1.54, 1.807) is 7.11 Å². The molecular weight excluding hydrogens is 250 g/mol. The Balaban J connectivity index is 2.02. The highest BCUT2D eigenvalue weighted by Crippen LogP contribution is 2.30. The molecule has 3 heteroatoms. The van der Waals surface area contributed by atoms with Crippen molar-refractivity contribution in [1.82, 2.24) is 4.90 Å². The molecule has 20 heavy (non-hydrogen) atoms. The Morgan fingerprint density at radius 2 is 1.85 bits per heavy atom. The Kier molecular flexibility index (Phi) is 5.44. The zero-order valence-electron chi connectivity index (χ0n) is 13.0. The molecule has 1 saturated carbocycles. The van der Waals surface area contributed by atoms with E-state index in [9.17, 15) is 0 Å². The predicted octanol–water partition coefficient (Wildman–Crippen LogP) is 3.05. The van der Waals surface area contributed by atoms with E-state index in [1.165, 1.54) is 29.5 Å². The Morgan fingerprint density at radius 3 is 2.35 bits per heavy atom. The van der Waals surface area contributed by atoms with Crippen LogP contribution in [-0.4, -0.2) is 36.3 Å². The van der Waals surface area contributed by atoms with Gasteiger partial charge in [0.25, 0.3) is 0 Å². The van der Waals surface area contributed by atoms with Gasteiger partial charge in [-0.1, -0.05) is 12.1 Å². The van der Waals surface area contributed by atoms with Crippen molar-refractivity contribution in [2.75, 3.05) is 20.3 Å². The first kappa shape index (κ1) is 15.3. The lowest BCUT2D eigenvalue weighted by Crippen LogP contribution is -2.27. The molecule has 0 bridgehead atoms. The molecule has 0 aliphatic heterocycles. The van der Waals surface area contributed by atoms with Crippen LogP contribution in [0.4, 0.5) is 0 Å². The van der Waals surface area contributed by atoms with E-state index < -0.39 is 0 Å². The molecule has 1 aromatic carbocycles. The van der Waals surface area contributed by atoms with Crippen molar-refractivity contribution in [3.05, 3.63) is 28.8 Å². The number of unbranched alkanes of at least 4 members (excludes halogenated alkanes) is 1. The maximum Gasteiger partial charge on any atom is 0.124 e. The molecule has 0 heterocycles. The van der Waals surface area contributed by atoms with E-state index in [4.69, 9.17) is 9.84 Å². The fourth-order valence-electron chi connectivity index (χ4n) is 2.94. The first-order chi connectivity index (χ1) is 9.65. The highest BCUT2D eigenvalue weighted by Gasteiger charge is 2.28. The smallest absolute Gasteiger partial charge is 0.124 e. The van der Waals surface area contributed by atoms with E-state index in [-0.39, 0.29) is 0 Å². The summed E-state index contributed by atoms with van der Waals surface area (Å²) in [6.45, 7) is 6.64. The Hall–Kier alpha value is -1.06. The largest absolute Gasteiger partial charge is 0.496 e. The third kappa shape index (κ3) is 3.97. The van der Waals surface area contributed by atoms with Gasteiger partial charge in [-0.3, -0.25) is 4.90 Å². The lowest BCUT2D eigenvalue weighted by molar-refractivity contribution is 0.228. The Morgan fingerprint density at radius 1 is 1.20 bits per heavy atom. The van der Waals surface area contributed by atoms with E-state index in [2.05, 4.69) is 30.9 Å². The van der Waals surface area contributed by atoms with Crippen LogP contribution in [-0.2, 0) is 6.54 Å². The van der Waals surface area contributed by atoms with Crippen molar-refractivity contribution in [2.24, 2.45) is 0 Å². The summed E-state index contributed by atoms with van der Waals surface area (Å²) in [7, 11) is 1.74. The van der Waals surface area contributed by atoms with Crippen LogP contribution in [0.3, 0.4) is 0 Å². The summed E-state index contributed by atoms with van der Waals surface area (Å²) < 4.78 is 5.43. The van der Waals surface area contributed by atoms with Crippen molar-refractivity contribution >= 4 is 0 Å². The van der Waals surface area contributed by atoms with Crippen LogP contribution in [0.1, 0.15) is 42.4 Å². The highest BCUT2D eigenvalue weighted by molar-refractivity contribution is 5.43. The molecule has 1 aromatic rings. The summed E-state index contributed by atoms with van der Waals surface area (Å²) in [6, 6.07) is 5.25. The zero-order chi connectivity index (χ0) is 14.5. The fraction of sp³-hybridized carbons (Fsp3) is 0.647. The number of rotatable bonds is 8. The summed E-state index contributed by atoms with van der Waals surface area (Å²) in [4.78, 5) is 2.57. The van der Waals surface area contributed by atoms with Gasteiger partial charge < -0.3 is 9.84 Å². The minimum absolute atomic E-state index is 0.305. The van der Waals surface area contributed by atoms with Gasteiger partial charge in [-0.2, -0.15) is 0 Å². The average molecular weight is 277 g/mol. The van der Waals surface area contributed by atoms with Crippen molar-refractivity contribution in [3.63, 3.8) is 0 Å². The molecule has 2 rings (SSSR count). The molecular formula is C17H27NO2. The maximum atomic E-state index is 8.92. The molecule has 0 radical (unpaired) electrons. The molecule has 0 unspecified atom stereocenters. The van der Waals surface area contributed by atoms with E-state index in [1.807, 2.05) is 0 Å². The number of hydrogen-bond acceptors (Lipinski definition) is 3. The van der Waals surface area contributed by atoms with Gasteiger partial charge in [-0.15, -0.1) is 0 Å². The van der Waals surface area contributed by atoms with Crippen LogP contribution in [0.25, 0.3) is 0 Å². The zero-order valence-corrected chi connectivity index (χ0v) is 13.0. The van der Waals surface area contributed by atoms with Gasteiger partial charge in [0, 0.05) is 19.2 Å².